The number of rotatable bonds is 1. The first-order valence-electron chi connectivity index (χ1n) is 6.86. The molecule has 116 valence electrons. The van der Waals surface area contributed by atoms with Crippen LogP contribution < -0.4 is 5.32 Å². The molecule has 0 aliphatic carbocycles. The molecular formula is C14H16N4O3S. The zero-order valence-corrected chi connectivity index (χ0v) is 13.0. The third-order valence-corrected chi connectivity index (χ3v) is 4.37. The zero-order chi connectivity index (χ0) is 16.3. The largest absolute Gasteiger partial charge is 0.494 e. The van der Waals surface area contributed by atoms with E-state index in [9.17, 15) is 20.4 Å². The van der Waals surface area contributed by atoms with Gasteiger partial charge in [0.1, 0.15) is 11.6 Å². The fraction of sp³-hybridized carbons (Fsp3) is 0.500. The van der Waals surface area contributed by atoms with Gasteiger partial charge in [-0.1, -0.05) is 0 Å². The maximum absolute atomic E-state index is 11.8. The number of hydrogen-bond acceptors (Lipinski definition) is 7. The van der Waals surface area contributed by atoms with Crippen molar-refractivity contribution in [2.45, 2.75) is 19.8 Å². The third-order valence-electron chi connectivity index (χ3n) is 4.03. The van der Waals surface area contributed by atoms with Crippen molar-refractivity contribution < 1.29 is 14.6 Å². The average Bonchev–Trinajstić information content (AvgIpc) is 2.48. The van der Waals surface area contributed by atoms with Gasteiger partial charge in [-0.2, -0.15) is 10.5 Å². The molecule has 2 rings (SSSR count). The highest BCUT2D eigenvalue weighted by Gasteiger charge is 2.48. The summed E-state index contributed by atoms with van der Waals surface area (Å²) in [7, 11) is 0. The van der Waals surface area contributed by atoms with Crippen molar-refractivity contribution in [3.05, 3.63) is 22.1 Å². The second kappa shape index (κ2) is 6.20. The van der Waals surface area contributed by atoms with Gasteiger partial charge >= 0.3 is 6.09 Å². The first-order chi connectivity index (χ1) is 10.5. The Bertz CT molecular complexity index is 595. The van der Waals surface area contributed by atoms with Crippen molar-refractivity contribution in [1.29, 1.82) is 10.5 Å². The molecule has 1 amide bonds. The molecule has 1 fully saturated rings. The minimum Gasteiger partial charge on any atom is -0.494 e. The Morgan fingerprint density at radius 3 is 2.50 bits per heavy atom. The maximum Gasteiger partial charge on any atom is 0.409 e. The second-order valence-corrected chi connectivity index (χ2v) is 5.51. The zero-order valence-electron chi connectivity index (χ0n) is 12.1. The number of nitrogens with one attached hydrogen (secondary N) is 1. The summed E-state index contributed by atoms with van der Waals surface area (Å²) in [5, 5.41) is 31.5. The van der Waals surface area contributed by atoms with Gasteiger partial charge in [0.05, 0.1) is 28.7 Å². The summed E-state index contributed by atoms with van der Waals surface area (Å²) in [5.41, 5.74) is -0.474. The molecule has 0 aromatic rings. The number of thiol groups is 1. The van der Waals surface area contributed by atoms with Crippen molar-refractivity contribution in [2.24, 2.45) is 5.41 Å². The van der Waals surface area contributed by atoms with Crippen LogP contribution in [0.25, 0.3) is 0 Å². The van der Waals surface area contributed by atoms with Crippen LogP contribution >= 0.6 is 12.6 Å². The van der Waals surface area contributed by atoms with Gasteiger partial charge in [-0.25, -0.2) is 4.79 Å². The fourth-order valence-corrected chi connectivity index (χ4v) is 3.29. The lowest BCUT2D eigenvalue weighted by Crippen LogP contribution is -2.47. The SMILES string of the molecule is CCOC(=O)N1CCC2(CC1)C(C#N)=C(O)NC(S)=C2C#N. The predicted octanol–water partition coefficient (Wildman–Crippen LogP) is 1.79. The van der Waals surface area contributed by atoms with Gasteiger partial charge in [0, 0.05) is 13.1 Å². The molecule has 2 aliphatic rings. The van der Waals surface area contributed by atoms with Gasteiger partial charge in [-0.3, -0.25) is 0 Å². The second-order valence-electron chi connectivity index (χ2n) is 5.06. The van der Waals surface area contributed by atoms with Crippen LogP contribution in [0.1, 0.15) is 19.8 Å². The van der Waals surface area contributed by atoms with Crippen molar-refractivity contribution in [3.63, 3.8) is 0 Å². The highest BCUT2D eigenvalue weighted by atomic mass is 32.1. The van der Waals surface area contributed by atoms with E-state index >= 15 is 0 Å². The molecule has 0 aromatic carbocycles. The molecule has 0 atom stereocenters. The standard InChI is InChI=1S/C14H16N4O3S/c1-2-21-13(20)18-5-3-14(4-6-18)9(7-15)11(19)17-12(22)10(14)8-16/h17,19,22H,2-6H2,1H3. The first-order valence-corrected chi connectivity index (χ1v) is 7.31. The maximum atomic E-state index is 11.8. The van der Waals surface area contributed by atoms with Gasteiger partial charge in [0.25, 0.3) is 0 Å². The predicted molar refractivity (Wildman–Crippen MR) is 80.3 cm³/mol. The Labute approximate surface area is 133 Å². The highest BCUT2D eigenvalue weighted by Crippen LogP contribution is 2.48. The molecule has 2 N–H and O–H groups in total. The van der Waals surface area contributed by atoms with E-state index in [1.54, 1.807) is 6.92 Å². The van der Waals surface area contributed by atoms with Gasteiger partial charge in [-0.05, 0) is 19.8 Å². The monoisotopic (exact) mass is 320 g/mol. The Morgan fingerprint density at radius 2 is 2.00 bits per heavy atom. The molecule has 0 saturated carbocycles. The van der Waals surface area contributed by atoms with Crippen LogP contribution in [-0.4, -0.2) is 35.8 Å². The number of likely N-dealkylation sites (tertiary alicyclic amines) is 1. The number of piperidine rings is 1. The molecule has 7 nitrogen and oxygen atoms in total. The molecule has 22 heavy (non-hydrogen) atoms. The molecule has 1 spiro atoms. The van der Waals surface area contributed by atoms with E-state index in [1.165, 1.54) is 4.90 Å². The van der Waals surface area contributed by atoms with Crippen LogP contribution in [0.15, 0.2) is 22.1 Å². The molecule has 2 heterocycles. The number of hydrogen-bond donors (Lipinski definition) is 3. The number of nitriles is 2. The number of nitrogens with zero attached hydrogens (tertiary/aromatic N) is 3. The molecule has 0 bridgehead atoms. The number of carbonyl (C=O) groups is 1. The van der Waals surface area contributed by atoms with Crippen molar-refractivity contribution in [1.82, 2.24) is 10.2 Å². The number of carbonyl (C=O) groups excluding carboxylic acids is 1. The molecule has 0 unspecified atom stereocenters. The molecule has 1 saturated heterocycles. The Kier molecular flexibility index (Phi) is 4.53. The number of aliphatic hydroxyl groups excluding tert-OH is 1. The number of ether oxygens (including phenoxy) is 1. The molecular weight excluding hydrogens is 304 g/mol. The normalized spacial score (nSPS) is 20.3. The smallest absolute Gasteiger partial charge is 0.409 e. The van der Waals surface area contributed by atoms with E-state index in [1.807, 2.05) is 6.07 Å². The molecule has 0 aromatic heterocycles. The number of allylic oxidation sites excluding steroid dienone is 2. The van der Waals surface area contributed by atoms with Crippen LogP contribution in [0.2, 0.25) is 0 Å². The third kappa shape index (κ3) is 2.46. The summed E-state index contributed by atoms with van der Waals surface area (Å²) in [6, 6.07) is 4.06. The van der Waals surface area contributed by atoms with Crippen molar-refractivity contribution in [3.8, 4) is 12.1 Å². The minimum absolute atomic E-state index is 0.116. The average molecular weight is 320 g/mol. The molecule has 8 heteroatoms. The van der Waals surface area contributed by atoms with E-state index in [0.717, 1.165) is 0 Å². The lowest BCUT2D eigenvalue weighted by molar-refractivity contribution is 0.0848. The summed E-state index contributed by atoms with van der Waals surface area (Å²) >= 11 is 4.19. The van der Waals surface area contributed by atoms with Crippen LogP contribution in [0.5, 0.6) is 0 Å². The van der Waals surface area contributed by atoms with E-state index in [4.69, 9.17) is 4.74 Å². The van der Waals surface area contributed by atoms with Crippen LogP contribution in [0.3, 0.4) is 0 Å². The van der Waals surface area contributed by atoms with Gasteiger partial charge in [0.2, 0.25) is 5.88 Å². The van der Waals surface area contributed by atoms with Crippen LogP contribution in [-0.2, 0) is 4.74 Å². The van der Waals surface area contributed by atoms with Gasteiger partial charge < -0.3 is 20.1 Å². The van der Waals surface area contributed by atoms with E-state index in [-0.39, 0.29) is 16.5 Å². The summed E-state index contributed by atoms with van der Waals surface area (Å²) < 4.78 is 4.96. The number of aliphatic hydroxyl groups is 1. The summed E-state index contributed by atoms with van der Waals surface area (Å²) in [6.07, 6.45) is 0.299. The highest BCUT2D eigenvalue weighted by molar-refractivity contribution is 7.84. The Morgan fingerprint density at radius 1 is 1.41 bits per heavy atom. The quantitative estimate of drug-likeness (QED) is 0.635. The van der Waals surface area contributed by atoms with E-state index in [0.29, 0.717) is 38.1 Å². The molecule has 2 aliphatic heterocycles. The first kappa shape index (κ1) is 16.1. The van der Waals surface area contributed by atoms with Gasteiger partial charge in [0.15, 0.2) is 0 Å². The minimum atomic E-state index is -0.904. The van der Waals surface area contributed by atoms with E-state index in [2.05, 4.69) is 24.0 Å². The van der Waals surface area contributed by atoms with Crippen LogP contribution in [0, 0.1) is 28.1 Å². The topological polar surface area (TPSA) is 109 Å². The van der Waals surface area contributed by atoms with Crippen molar-refractivity contribution in [2.75, 3.05) is 19.7 Å². The Hall–Kier alpha value is -2.32. The number of amides is 1. The summed E-state index contributed by atoms with van der Waals surface area (Å²) in [4.78, 5) is 13.3. The van der Waals surface area contributed by atoms with Crippen LogP contribution in [0.4, 0.5) is 4.79 Å². The summed E-state index contributed by atoms with van der Waals surface area (Å²) in [6.45, 7) is 2.69. The van der Waals surface area contributed by atoms with Gasteiger partial charge in [-0.15, -0.1) is 12.6 Å². The lowest BCUT2D eigenvalue weighted by atomic mass is 9.67. The lowest BCUT2D eigenvalue weighted by Gasteiger charge is -2.42. The Balaban J connectivity index is 2.33. The summed E-state index contributed by atoms with van der Waals surface area (Å²) in [5.74, 6) is -0.281. The fourth-order valence-electron chi connectivity index (χ4n) is 2.92. The van der Waals surface area contributed by atoms with E-state index < -0.39 is 11.5 Å². The van der Waals surface area contributed by atoms with Crippen molar-refractivity contribution >= 4 is 18.7 Å². The molecule has 0 radical (unpaired) electrons. The number of dihydropyridines is 1.